The van der Waals surface area contributed by atoms with E-state index >= 15 is 0 Å². The highest BCUT2D eigenvalue weighted by Crippen LogP contribution is 2.28. The predicted molar refractivity (Wildman–Crippen MR) is 64.8 cm³/mol. The number of nitrogens with zero attached hydrogens (tertiary/aromatic N) is 3. The largest absolute Gasteiger partial charge is 0.433 e. The van der Waals surface area contributed by atoms with Crippen LogP contribution < -0.4 is 5.32 Å². The lowest BCUT2D eigenvalue weighted by Crippen LogP contribution is -2.11. The first-order chi connectivity index (χ1) is 8.91. The molecule has 0 aliphatic rings. The summed E-state index contributed by atoms with van der Waals surface area (Å²) in [7, 11) is 1.77. The molecule has 2 rings (SSSR count). The second-order valence-corrected chi connectivity index (χ2v) is 4.11. The van der Waals surface area contributed by atoms with Crippen LogP contribution in [0.15, 0.2) is 30.7 Å². The van der Waals surface area contributed by atoms with Gasteiger partial charge in [-0.3, -0.25) is 9.67 Å². The van der Waals surface area contributed by atoms with Crippen LogP contribution in [0.3, 0.4) is 0 Å². The highest BCUT2D eigenvalue weighted by atomic mass is 19.4. The van der Waals surface area contributed by atoms with Gasteiger partial charge in [0.1, 0.15) is 5.69 Å². The zero-order chi connectivity index (χ0) is 14.0. The van der Waals surface area contributed by atoms with Crippen LogP contribution in [0.2, 0.25) is 0 Å². The van der Waals surface area contributed by atoms with Crippen molar-refractivity contribution >= 4 is 5.69 Å². The van der Waals surface area contributed by atoms with Crippen molar-refractivity contribution in [2.45, 2.75) is 19.1 Å². The third-order valence-corrected chi connectivity index (χ3v) is 2.85. The molecule has 0 bridgehead atoms. The number of nitrogens with one attached hydrogen (secondary N) is 1. The van der Waals surface area contributed by atoms with Gasteiger partial charge in [0.05, 0.1) is 17.9 Å². The van der Waals surface area contributed by atoms with Gasteiger partial charge in [-0.25, -0.2) is 0 Å². The van der Waals surface area contributed by atoms with Gasteiger partial charge >= 0.3 is 6.18 Å². The van der Waals surface area contributed by atoms with Crippen molar-refractivity contribution in [1.82, 2.24) is 14.8 Å². The Hall–Kier alpha value is -2.05. The van der Waals surface area contributed by atoms with Gasteiger partial charge in [-0.15, -0.1) is 0 Å². The molecule has 0 aromatic carbocycles. The number of hydrogen-bond acceptors (Lipinski definition) is 3. The Bertz CT molecular complexity index is 545. The molecule has 0 radical (unpaired) electrons. The third-order valence-electron chi connectivity index (χ3n) is 2.85. The predicted octanol–water partition coefficient (Wildman–Crippen LogP) is 2.95. The molecular weight excluding hydrogens is 257 g/mol. The molecule has 0 saturated carbocycles. The molecule has 102 valence electrons. The summed E-state index contributed by atoms with van der Waals surface area (Å²) in [5.74, 6) is 0. The molecule has 2 heterocycles. The summed E-state index contributed by atoms with van der Waals surface area (Å²) < 4.78 is 38.9. The van der Waals surface area contributed by atoms with Crippen LogP contribution in [0.5, 0.6) is 0 Å². The standard InChI is InChI=1S/C12H13F3N4/c1-8(19-7-10(16-2)6-18-19)9-3-4-11(17-5-9)12(13,14)15/h3-8,16H,1-2H3. The van der Waals surface area contributed by atoms with E-state index in [2.05, 4.69) is 15.4 Å². The van der Waals surface area contributed by atoms with Crippen LogP contribution in [-0.4, -0.2) is 21.8 Å². The smallest absolute Gasteiger partial charge is 0.386 e. The van der Waals surface area contributed by atoms with E-state index in [4.69, 9.17) is 0 Å². The van der Waals surface area contributed by atoms with E-state index in [9.17, 15) is 13.2 Å². The van der Waals surface area contributed by atoms with Crippen LogP contribution in [0.25, 0.3) is 0 Å². The van der Waals surface area contributed by atoms with E-state index in [1.54, 1.807) is 24.1 Å². The number of aromatic nitrogens is 3. The molecule has 0 amide bonds. The first kappa shape index (κ1) is 13.4. The maximum Gasteiger partial charge on any atom is 0.433 e. The molecule has 19 heavy (non-hydrogen) atoms. The molecule has 7 heteroatoms. The van der Waals surface area contributed by atoms with Crippen LogP contribution in [0.1, 0.15) is 24.2 Å². The van der Waals surface area contributed by atoms with Crippen LogP contribution in [-0.2, 0) is 6.18 Å². The normalized spacial score (nSPS) is 13.3. The van der Waals surface area contributed by atoms with Crippen molar-refractivity contribution < 1.29 is 13.2 Å². The number of rotatable bonds is 3. The van der Waals surface area contributed by atoms with E-state index in [-0.39, 0.29) is 6.04 Å². The minimum atomic E-state index is -4.41. The van der Waals surface area contributed by atoms with Crippen molar-refractivity contribution in [2.24, 2.45) is 0 Å². The molecule has 2 aromatic rings. The van der Waals surface area contributed by atoms with Gasteiger partial charge in [0.25, 0.3) is 0 Å². The van der Waals surface area contributed by atoms with E-state index in [1.165, 1.54) is 12.3 Å². The molecule has 2 aromatic heterocycles. The number of pyridine rings is 1. The SMILES string of the molecule is CNc1cnn(C(C)c2ccc(C(F)(F)F)nc2)c1. The van der Waals surface area contributed by atoms with Crippen LogP contribution in [0, 0.1) is 0 Å². The van der Waals surface area contributed by atoms with Crippen LogP contribution >= 0.6 is 0 Å². The van der Waals surface area contributed by atoms with Gasteiger partial charge in [-0.2, -0.15) is 18.3 Å². The van der Waals surface area contributed by atoms with Crippen LogP contribution in [0.4, 0.5) is 18.9 Å². The van der Waals surface area contributed by atoms with Gasteiger partial charge < -0.3 is 5.32 Å². The van der Waals surface area contributed by atoms with Crippen molar-refractivity contribution in [3.05, 3.63) is 42.0 Å². The second-order valence-electron chi connectivity index (χ2n) is 4.11. The molecule has 1 N–H and O–H groups in total. The molecule has 1 atom stereocenters. The summed E-state index contributed by atoms with van der Waals surface area (Å²) >= 11 is 0. The topological polar surface area (TPSA) is 42.7 Å². The zero-order valence-electron chi connectivity index (χ0n) is 10.4. The Balaban J connectivity index is 2.22. The number of hydrogen-bond donors (Lipinski definition) is 1. The Labute approximate surface area is 108 Å². The number of anilines is 1. The summed E-state index contributed by atoms with van der Waals surface area (Å²) in [4.78, 5) is 3.44. The quantitative estimate of drug-likeness (QED) is 0.932. The maximum absolute atomic E-state index is 12.4. The maximum atomic E-state index is 12.4. The Kier molecular flexibility index (Phi) is 3.46. The number of halogens is 3. The van der Waals surface area contributed by atoms with E-state index in [1.807, 2.05) is 6.92 Å². The first-order valence-electron chi connectivity index (χ1n) is 5.67. The Morgan fingerprint density at radius 1 is 1.26 bits per heavy atom. The monoisotopic (exact) mass is 270 g/mol. The fourth-order valence-electron chi connectivity index (χ4n) is 1.65. The minimum absolute atomic E-state index is 0.183. The summed E-state index contributed by atoms with van der Waals surface area (Å²) in [6.45, 7) is 1.84. The molecule has 0 aliphatic heterocycles. The molecule has 4 nitrogen and oxygen atoms in total. The van der Waals surface area contributed by atoms with Crippen molar-refractivity contribution in [2.75, 3.05) is 12.4 Å². The van der Waals surface area contributed by atoms with E-state index in [0.717, 1.165) is 11.8 Å². The highest BCUT2D eigenvalue weighted by molar-refractivity contribution is 5.37. The molecule has 0 saturated heterocycles. The van der Waals surface area contributed by atoms with Crippen molar-refractivity contribution in [3.63, 3.8) is 0 Å². The van der Waals surface area contributed by atoms with Gasteiger partial charge in [-0.1, -0.05) is 6.07 Å². The molecular formula is C12H13F3N4. The number of alkyl halides is 3. The lowest BCUT2D eigenvalue weighted by molar-refractivity contribution is -0.141. The molecule has 1 unspecified atom stereocenters. The van der Waals surface area contributed by atoms with Crippen molar-refractivity contribution in [3.8, 4) is 0 Å². The zero-order valence-corrected chi connectivity index (χ0v) is 10.4. The van der Waals surface area contributed by atoms with Gasteiger partial charge in [0.2, 0.25) is 0 Å². The fourth-order valence-corrected chi connectivity index (χ4v) is 1.65. The summed E-state index contributed by atoms with van der Waals surface area (Å²) in [5.41, 5.74) is 0.616. The Morgan fingerprint density at radius 2 is 2.00 bits per heavy atom. The lowest BCUT2D eigenvalue weighted by atomic mass is 10.1. The van der Waals surface area contributed by atoms with Gasteiger partial charge in [-0.05, 0) is 18.6 Å². The van der Waals surface area contributed by atoms with Crippen molar-refractivity contribution in [1.29, 1.82) is 0 Å². The highest BCUT2D eigenvalue weighted by Gasteiger charge is 2.32. The minimum Gasteiger partial charge on any atom is -0.386 e. The summed E-state index contributed by atoms with van der Waals surface area (Å²) in [6.07, 6.45) is 0.247. The van der Waals surface area contributed by atoms with E-state index in [0.29, 0.717) is 5.56 Å². The lowest BCUT2D eigenvalue weighted by Gasteiger charge is -2.13. The van der Waals surface area contributed by atoms with E-state index < -0.39 is 11.9 Å². The molecule has 0 aliphatic carbocycles. The summed E-state index contributed by atoms with van der Waals surface area (Å²) in [6, 6.07) is 2.21. The average molecular weight is 270 g/mol. The fraction of sp³-hybridized carbons (Fsp3) is 0.333. The molecule has 0 spiro atoms. The first-order valence-corrected chi connectivity index (χ1v) is 5.67. The second kappa shape index (κ2) is 4.91. The van der Waals surface area contributed by atoms with Gasteiger partial charge in [0.15, 0.2) is 0 Å². The summed E-state index contributed by atoms with van der Waals surface area (Å²) in [5, 5.41) is 7.07. The Morgan fingerprint density at radius 3 is 2.47 bits per heavy atom. The average Bonchev–Trinajstić information content (AvgIpc) is 2.86. The molecule has 0 fully saturated rings. The van der Waals surface area contributed by atoms with Gasteiger partial charge in [0, 0.05) is 19.4 Å². The third kappa shape index (κ3) is 2.86.